The quantitative estimate of drug-likeness (QED) is 0.829. The maximum Gasteiger partial charge on any atom is 0.355 e. The van der Waals surface area contributed by atoms with Gasteiger partial charge >= 0.3 is 5.97 Å². The lowest BCUT2D eigenvalue weighted by Gasteiger charge is -1.97. The molecule has 2 N–H and O–H groups in total. The fourth-order valence-electron chi connectivity index (χ4n) is 1.26. The Morgan fingerprint density at radius 2 is 2.26 bits per heavy atom. The van der Waals surface area contributed by atoms with Crippen molar-refractivity contribution < 1.29 is 14.7 Å². The molecule has 1 amide bonds. The molecule has 19 heavy (non-hydrogen) atoms. The van der Waals surface area contributed by atoms with Crippen molar-refractivity contribution in [1.82, 2.24) is 10.3 Å². The summed E-state index contributed by atoms with van der Waals surface area (Å²) in [7, 11) is 0. The summed E-state index contributed by atoms with van der Waals surface area (Å²) in [4.78, 5) is 27.0. The molecule has 0 saturated heterocycles. The molecule has 0 aliphatic rings. The zero-order chi connectivity index (χ0) is 13.7. The molecule has 5 nitrogen and oxygen atoms in total. The van der Waals surface area contributed by atoms with E-state index in [0.717, 1.165) is 4.88 Å². The Morgan fingerprint density at radius 1 is 1.42 bits per heavy atom. The number of thiazole rings is 1. The van der Waals surface area contributed by atoms with E-state index < -0.39 is 5.97 Å². The molecule has 0 aliphatic carbocycles. The van der Waals surface area contributed by atoms with Crippen LogP contribution in [-0.4, -0.2) is 22.0 Å². The molecule has 0 spiro atoms. The summed E-state index contributed by atoms with van der Waals surface area (Å²) in [5, 5.41) is 15.3. The number of rotatable bonds is 5. The van der Waals surface area contributed by atoms with Crippen LogP contribution in [0.2, 0.25) is 0 Å². The molecule has 2 aromatic heterocycles. The van der Waals surface area contributed by atoms with Crippen molar-refractivity contribution in [3.8, 4) is 0 Å². The van der Waals surface area contributed by atoms with Crippen molar-refractivity contribution >= 4 is 40.6 Å². The summed E-state index contributed by atoms with van der Waals surface area (Å²) >= 11 is 2.75. The van der Waals surface area contributed by atoms with Crippen molar-refractivity contribution in [2.24, 2.45) is 0 Å². The van der Waals surface area contributed by atoms with Crippen molar-refractivity contribution in [2.75, 3.05) is 0 Å². The summed E-state index contributed by atoms with van der Waals surface area (Å²) in [6, 6.07) is 3.82. The van der Waals surface area contributed by atoms with Crippen LogP contribution in [0.1, 0.15) is 20.4 Å². The van der Waals surface area contributed by atoms with E-state index in [4.69, 9.17) is 5.11 Å². The third-order valence-corrected chi connectivity index (χ3v) is 3.81. The van der Waals surface area contributed by atoms with Crippen molar-refractivity contribution in [1.29, 1.82) is 0 Å². The summed E-state index contributed by atoms with van der Waals surface area (Å²) < 4.78 is 0. The van der Waals surface area contributed by atoms with Gasteiger partial charge < -0.3 is 10.4 Å². The first kappa shape index (κ1) is 13.4. The van der Waals surface area contributed by atoms with E-state index in [0.29, 0.717) is 5.01 Å². The van der Waals surface area contributed by atoms with Gasteiger partial charge in [-0.3, -0.25) is 4.79 Å². The zero-order valence-corrected chi connectivity index (χ0v) is 11.3. The number of carboxylic acids is 1. The average Bonchev–Trinajstić information content (AvgIpc) is 3.05. The molecule has 2 aromatic rings. The number of aromatic carboxylic acids is 1. The minimum absolute atomic E-state index is 0.00313. The van der Waals surface area contributed by atoms with E-state index in [1.807, 2.05) is 17.5 Å². The Balaban J connectivity index is 1.84. The van der Waals surface area contributed by atoms with Gasteiger partial charge in [-0.05, 0) is 17.5 Å². The van der Waals surface area contributed by atoms with Crippen LogP contribution in [0.3, 0.4) is 0 Å². The fraction of sp³-hybridized carbons (Fsp3) is 0.0833. The topological polar surface area (TPSA) is 79.3 Å². The van der Waals surface area contributed by atoms with Gasteiger partial charge in [-0.15, -0.1) is 22.7 Å². The molecular weight excluding hydrogens is 284 g/mol. The molecule has 0 saturated carbocycles. The Labute approximate surface area is 117 Å². The number of nitrogens with one attached hydrogen (secondary N) is 1. The van der Waals surface area contributed by atoms with Gasteiger partial charge in [0.2, 0.25) is 5.91 Å². The van der Waals surface area contributed by atoms with Crippen molar-refractivity contribution in [2.45, 2.75) is 6.54 Å². The first-order chi connectivity index (χ1) is 9.15. The second-order valence-corrected chi connectivity index (χ2v) is 5.42. The molecule has 2 rings (SSSR count). The highest BCUT2D eigenvalue weighted by Crippen LogP contribution is 2.11. The fourth-order valence-corrected chi connectivity index (χ4v) is 2.58. The lowest BCUT2D eigenvalue weighted by molar-refractivity contribution is -0.116. The second kappa shape index (κ2) is 6.26. The number of aromatic nitrogens is 1. The maximum absolute atomic E-state index is 11.5. The summed E-state index contributed by atoms with van der Waals surface area (Å²) in [5.74, 6) is -1.30. The van der Waals surface area contributed by atoms with E-state index in [2.05, 4.69) is 10.3 Å². The zero-order valence-electron chi connectivity index (χ0n) is 9.70. The molecule has 0 bridgehead atoms. The predicted molar refractivity (Wildman–Crippen MR) is 74.3 cm³/mol. The van der Waals surface area contributed by atoms with Crippen LogP contribution in [-0.2, 0) is 11.3 Å². The lowest BCUT2D eigenvalue weighted by atomic mass is 10.4. The number of nitrogens with zero attached hydrogens (tertiary/aromatic N) is 1. The highest BCUT2D eigenvalue weighted by molar-refractivity contribution is 7.10. The summed E-state index contributed by atoms with van der Waals surface area (Å²) in [5.41, 5.74) is 0.00313. The molecule has 0 aliphatic heterocycles. The third kappa shape index (κ3) is 4.01. The summed E-state index contributed by atoms with van der Waals surface area (Å²) in [6.45, 7) is 0.228. The van der Waals surface area contributed by atoms with Crippen LogP contribution < -0.4 is 5.32 Å². The standard InChI is InChI=1S/C12H10N2O3S2/c15-10(4-3-8-2-1-5-18-8)13-6-11-14-9(7-19-11)12(16)17/h1-5,7H,6H2,(H,13,15)(H,16,17)/b4-3+. The number of thiophene rings is 1. The Bertz CT molecular complexity index is 602. The van der Waals surface area contributed by atoms with Crippen LogP contribution in [0.4, 0.5) is 0 Å². The van der Waals surface area contributed by atoms with Crippen molar-refractivity contribution in [3.63, 3.8) is 0 Å². The smallest absolute Gasteiger partial charge is 0.355 e. The molecule has 98 valence electrons. The molecule has 0 atom stereocenters. The first-order valence-corrected chi connectivity index (χ1v) is 7.08. The van der Waals surface area contributed by atoms with Crippen LogP contribution in [0.25, 0.3) is 6.08 Å². The highest BCUT2D eigenvalue weighted by atomic mass is 32.1. The Morgan fingerprint density at radius 3 is 2.89 bits per heavy atom. The van der Waals surface area contributed by atoms with E-state index in [1.165, 1.54) is 22.8 Å². The minimum atomic E-state index is -1.06. The normalized spacial score (nSPS) is 10.7. The maximum atomic E-state index is 11.5. The average molecular weight is 294 g/mol. The van der Waals surface area contributed by atoms with E-state index in [1.54, 1.807) is 17.4 Å². The molecule has 2 heterocycles. The van der Waals surface area contributed by atoms with Gasteiger partial charge in [0.15, 0.2) is 5.69 Å². The lowest BCUT2D eigenvalue weighted by Crippen LogP contribution is -2.20. The van der Waals surface area contributed by atoms with E-state index in [9.17, 15) is 9.59 Å². The van der Waals surface area contributed by atoms with E-state index >= 15 is 0 Å². The van der Waals surface area contributed by atoms with Gasteiger partial charge in [-0.25, -0.2) is 9.78 Å². The minimum Gasteiger partial charge on any atom is -0.476 e. The summed E-state index contributed by atoms with van der Waals surface area (Å²) in [6.07, 6.45) is 3.17. The molecule has 0 aromatic carbocycles. The van der Waals surface area contributed by atoms with Crippen LogP contribution >= 0.6 is 22.7 Å². The van der Waals surface area contributed by atoms with E-state index in [-0.39, 0.29) is 18.1 Å². The Hall–Kier alpha value is -1.99. The van der Waals surface area contributed by atoms with Crippen LogP contribution in [0, 0.1) is 0 Å². The van der Waals surface area contributed by atoms with Crippen LogP contribution in [0.15, 0.2) is 29.0 Å². The molecule has 0 radical (unpaired) electrons. The number of carbonyl (C=O) groups excluding carboxylic acids is 1. The van der Waals surface area contributed by atoms with Gasteiger partial charge in [0.05, 0.1) is 6.54 Å². The largest absolute Gasteiger partial charge is 0.476 e. The monoisotopic (exact) mass is 294 g/mol. The number of hydrogen-bond acceptors (Lipinski definition) is 5. The second-order valence-electron chi connectivity index (χ2n) is 3.50. The highest BCUT2D eigenvalue weighted by Gasteiger charge is 2.08. The van der Waals surface area contributed by atoms with Gasteiger partial charge in [0.25, 0.3) is 0 Å². The number of hydrogen-bond donors (Lipinski definition) is 2. The van der Waals surface area contributed by atoms with Crippen LogP contribution in [0.5, 0.6) is 0 Å². The molecule has 0 fully saturated rings. The van der Waals surface area contributed by atoms with Gasteiger partial charge in [-0.1, -0.05) is 6.07 Å². The number of amides is 1. The number of carbonyl (C=O) groups is 2. The van der Waals surface area contributed by atoms with Crippen molar-refractivity contribution in [3.05, 3.63) is 44.5 Å². The first-order valence-electron chi connectivity index (χ1n) is 5.32. The SMILES string of the molecule is O=C(/C=C/c1cccs1)NCc1nc(C(=O)O)cs1. The Kier molecular flexibility index (Phi) is 4.43. The molecule has 0 unspecified atom stereocenters. The van der Waals surface area contributed by atoms with Gasteiger partial charge in [-0.2, -0.15) is 0 Å². The number of carboxylic acid groups (broad SMARTS) is 1. The van der Waals surface area contributed by atoms with Gasteiger partial charge in [0.1, 0.15) is 5.01 Å². The molecule has 7 heteroatoms. The third-order valence-electron chi connectivity index (χ3n) is 2.13. The molecular formula is C12H10N2O3S2. The van der Waals surface area contributed by atoms with Gasteiger partial charge in [0, 0.05) is 16.3 Å². The predicted octanol–water partition coefficient (Wildman–Crippen LogP) is 2.23.